The quantitative estimate of drug-likeness (QED) is 0.115. The Balaban J connectivity index is 0.000000144. The van der Waals surface area contributed by atoms with Crippen molar-refractivity contribution in [3.8, 4) is 124 Å². The van der Waals surface area contributed by atoms with E-state index in [0.717, 1.165) is 73.2 Å². The molecule has 0 atom stereocenters. The van der Waals surface area contributed by atoms with Gasteiger partial charge in [0, 0.05) is 99.2 Å². The summed E-state index contributed by atoms with van der Waals surface area (Å²) in [6, 6.07) is 154. The van der Waals surface area contributed by atoms with Gasteiger partial charge in [-0.3, -0.25) is 0 Å². The maximum absolute atomic E-state index is 5.08. The van der Waals surface area contributed by atoms with Crippen molar-refractivity contribution < 1.29 is 0 Å². The van der Waals surface area contributed by atoms with E-state index in [0.29, 0.717) is 11.6 Å². The third-order valence-electron chi connectivity index (χ3n) is 23.4. The number of para-hydroxylation sites is 4. The second kappa shape index (κ2) is 29.5. The zero-order valence-corrected chi connectivity index (χ0v) is 65.1. The van der Waals surface area contributed by atoms with Gasteiger partial charge in [0.15, 0.2) is 11.6 Å². The third-order valence-corrected chi connectivity index (χ3v) is 23.4. The fourth-order valence-corrected chi connectivity index (χ4v) is 17.6. The molecule has 0 amide bonds. The lowest BCUT2D eigenvalue weighted by atomic mass is 10.0. The summed E-state index contributed by atoms with van der Waals surface area (Å²) in [4.78, 5) is 20.1. The van der Waals surface area contributed by atoms with Crippen molar-refractivity contribution in [2.75, 3.05) is 0 Å². The number of hydrogen-bond acceptors (Lipinski definition) is 4. The summed E-state index contributed by atoms with van der Waals surface area (Å²) in [5.41, 5.74) is 32.2. The molecular weight excluding hydrogens is 1450 g/mol. The molecule has 0 aliphatic rings. The van der Waals surface area contributed by atoms with Crippen molar-refractivity contribution in [2.24, 2.45) is 0 Å². The lowest BCUT2D eigenvalue weighted by Gasteiger charge is -2.12. The lowest BCUT2D eigenvalue weighted by Crippen LogP contribution is -1.97. The van der Waals surface area contributed by atoms with Crippen LogP contribution in [-0.2, 0) is 0 Å². The maximum atomic E-state index is 5.08. The number of benzene rings is 17. The van der Waals surface area contributed by atoms with Gasteiger partial charge in [0.25, 0.3) is 0 Å². The Hall–Kier alpha value is -15.9. The second-order valence-electron chi connectivity index (χ2n) is 30.6. The van der Waals surface area contributed by atoms with Crippen molar-refractivity contribution in [3.05, 3.63) is 436 Å². The first-order valence-electron chi connectivity index (χ1n) is 40.5. The summed E-state index contributed by atoms with van der Waals surface area (Å²) < 4.78 is 9.54. The Bertz CT molecular complexity index is 7680. The van der Waals surface area contributed by atoms with Gasteiger partial charge >= 0.3 is 0 Å². The second-order valence-corrected chi connectivity index (χ2v) is 30.6. The first-order valence-corrected chi connectivity index (χ1v) is 40.5. The molecule has 8 nitrogen and oxygen atoms in total. The van der Waals surface area contributed by atoms with Gasteiger partial charge in [-0.05, 0) is 174 Å². The largest absolute Gasteiger partial charge is 0.309 e. The number of nitrogens with zero attached hydrogens (tertiary/aromatic N) is 8. The van der Waals surface area contributed by atoms with Crippen LogP contribution in [0.15, 0.2) is 431 Å². The standard InChI is InChI=1S/C58H38N4.C53H36N4/c1-4-15-39(16-5-1)43-21-14-22-47(35-43)62-55-26-13-11-24-49(55)51-37-45(30-34-57(51)62)44-29-33-56-50(36-44)48-23-10-12-25-54(48)61(56)46-31-27-41(28-32-46)53-38-52(40-17-6-2-7-18-40)59-58(60-53)42-19-8-3-9-20-42;1-35-20-26-41(27-21-35)56-49-18-10-8-16-43(49)45-32-39(24-30-51(45)56)40-25-31-52-46(33-40)44-17-9-11-19-50(44)57(52)42-28-22-37(23-29-42)48-34-47(36-12-4-2-5-13-36)54-53(55-48)38-14-6-3-7-15-38/h1-38H;2-34H,1H3. The summed E-state index contributed by atoms with van der Waals surface area (Å²) in [5, 5.41) is 9.88. The molecule has 0 N–H and O–H groups in total. The molecule has 23 aromatic rings. The highest BCUT2D eigenvalue weighted by Gasteiger charge is 2.22. The zero-order valence-electron chi connectivity index (χ0n) is 65.1. The van der Waals surface area contributed by atoms with E-state index in [1.165, 1.54) is 132 Å². The smallest absolute Gasteiger partial charge is 0.160 e. The van der Waals surface area contributed by atoms with Gasteiger partial charge in [0.05, 0.1) is 66.9 Å². The molecule has 558 valence electrons. The minimum atomic E-state index is 0.711. The van der Waals surface area contributed by atoms with Gasteiger partial charge in [0.2, 0.25) is 0 Å². The Morgan fingerprint density at radius 1 is 0.151 bits per heavy atom. The molecule has 6 heterocycles. The minimum absolute atomic E-state index is 0.711. The molecule has 0 bridgehead atoms. The number of fused-ring (bicyclic) bond motifs is 12. The maximum Gasteiger partial charge on any atom is 0.160 e. The van der Waals surface area contributed by atoms with Crippen molar-refractivity contribution in [1.29, 1.82) is 0 Å². The van der Waals surface area contributed by atoms with Crippen LogP contribution in [-0.4, -0.2) is 38.2 Å². The van der Waals surface area contributed by atoms with E-state index in [9.17, 15) is 0 Å². The van der Waals surface area contributed by atoms with Crippen molar-refractivity contribution in [3.63, 3.8) is 0 Å². The third kappa shape index (κ3) is 12.7. The van der Waals surface area contributed by atoms with Crippen LogP contribution in [0.4, 0.5) is 0 Å². The van der Waals surface area contributed by atoms with E-state index in [4.69, 9.17) is 19.9 Å². The molecule has 0 saturated carbocycles. The fourth-order valence-electron chi connectivity index (χ4n) is 17.6. The average molecular weight is 1520 g/mol. The number of hydrogen-bond donors (Lipinski definition) is 0. The van der Waals surface area contributed by atoms with Crippen LogP contribution in [0.1, 0.15) is 5.56 Å². The van der Waals surface area contributed by atoms with Crippen LogP contribution in [0.25, 0.3) is 211 Å². The van der Waals surface area contributed by atoms with Gasteiger partial charge < -0.3 is 18.3 Å². The van der Waals surface area contributed by atoms with E-state index in [1.807, 2.05) is 72.8 Å². The molecule has 0 fully saturated rings. The van der Waals surface area contributed by atoms with Crippen LogP contribution < -0.4 is 0 Å². The van der Waals surface area contributed by atoms with E-state index >= 15 is 0 Å². The highest BCUT2D eigenvalue weighted by Crippen LogP contribution is 2.43. The molecule has 0 saturated heterocycles. The molecule has 0 spiro atoms. The summed E-state index contributed by atoms with van der Waals surface area (Å²) in [6.45, 7) is 2.14. The van der Waals surface area contributed by atoms with Crippen LogP contribution in [0, 0.1) is 6.92 Å². The topological polar surface area (TPSA) is 71.3 Å². The van der Waals surface area contributed by atoms with E-state index < -0.39 is 0 Å². The summed E-state index contributed by atoms with van der Waals surface area (Å²) in [5.74, 6) is 1.42. The van der Waals surface area contributed by atoms with Gasteiger partial charge in [-0.2, -0.15) is 0 Å². The summed E-state index contributed by atoms with van der Waals surface area (Å²) >= 11 is 0. The van der Waals surface area contributed by atoms with Crippen LogP contribution in [0.3, 0.4) is 0 Å². The van der Waals surface area contributed by atoms with Crippen molar-refractivity contribution >= 4 is 87.2 Å². The monoisotopic (exact) mass is 1520 g/mol. The molecule has 0 radical (unpaired) electrons. The molecule has 8 heteroatoms. The zero-order chi connectivity index (χ0) is 78.9. The molecule has 0 unspecified atom stereocenters. The Morgan fingerprint density at radius 3 is 0.714 bits per heavy atom. The minimum Gasteiger partial charge on any atom is -0.309 e. The van der Waals surface area contributed by atoms with Gasteiger partial charge in [0.1, 0.15) is 0 Å². The predicted molar refractivity (Wildman–Crippen MR) is 495 cm³/mol. The SMILES string of the molecule is Cc1ccc(-n2c3ccccc3c3cc(-c4ccc5c(c4)c4ccccc4n5-c4ccc(-c5cc(-c6ccccc6)nc(-c6ccccc6)n5)cc4)ccc32)cc1.c1ccc(-c2cccc(-n3c4ccccc4c4cc(-c5ccc6c(c5)c5ccccc5n6-c5ccc(-c6cc(-c7ccccc7)nc(-c7ccccc7)n6)cc5)ccc43)c2)cc1. The average Bonchev–Trinajstić information content (AvgIpc) is 1.59. The molecule has 119 heavy (non-hydrogen) atoms. The number of rotatable bonds is 13. The van der Waals surface area contributed by atoms with Gasteiger partial charge in [-0.1, -0.05) is 303 Å². The number of aromatic nitrogens is 8. The molecule has 17 aromatic carbocycles. The molecule has 0 aliphatic carbocycles. The van der Waals surface area contributed by atoms with Gasteiger partial charge in [-0.15, -0.1) is 0 Å². The molecule has 6 aromatic heterocycles. The molecule has 23 rings (SSSR count). The van der Waals surface area contributed by atoms with Gasteiger partial charge in [-0.25, -0.2) is 19.9 Å². The van der Waals surface area contributed by atoms with Crippen LogP contribution >= 0.6 is 0 Å². The first kappa shape index (κ1) is 69.8. The normalized spacial score (nSPS) is 11.6. The highest BCUT2D eigenvalue weighted by molar-refractivity contribution is 6.15. The Labute approximate surface area is 688 Å². The van der Waals surface area contributed by atoms with E-state index in [1.54, 1.807) is 0 Å². The molecular formula is C111H74N8. The Kier molecular flexibility index (Phi) is 17.3. The van der Waals surface area contributed by atoms with Crippen molar-refractivity contribution in [1.82, 2.24) is 38.2 Å². The Morgan fingerprint density at radius 2 is 0.387 bits per heavy atom. The van der Waals surface area contributed by atoms with E-state index in [2.05, 4.69) is 383 Å². The fraction of sp³-hybridized carbons (Fsp3) is 0.00901. The molecule has 0 aliphatic heterocycles. The van der Waals surface area contributed by atoms with E-state index in [-0.39, 0.29) is 0 Å². The van der Waals surface area contributed by atoms with Crippen molar-refractivity contribution in [2.45, 2.75) is 6.92 Å². The number of aryl methyl sites for hydroxylation is 1. The predicted octanol–water partition coefficient (Wildman–Crippen LogP) is 28.7. The summed E-state index contributed by atoms with van der Waals surface area (Å²) in [6.07, 6.45) is 0. The summed E-state index contributed by atoms with van der Waals surface area (Å²) in [7, 11) is 0. The van der Waals surface area contributed by atoms with Crippen LogP contribution in [0.5, 0.6) is 0 Å². The first-order chi connectivity index (χ1) is 58.9. The lowest BCUT2D eigenvalue weighted by molar-refractivity contribution is 1.17. The highest BCUT2D eigenvalue weighted by atomic mass is 15.0. The van der Waals surface area contributed by atoms with Crippen LogP contribution in [0.2, 0.25) is 0 Å².